The van der Waals surface area contributed by atoms with Gasteiger partial charge in [-0.3, -0.25) is 9.59 Å². The monoisotopic (exact) mass is 352 g/mol. The minimum absolute atomic E-state index is 0.0582. The fourth-order valence-electron chi connectivity index (χ4n) is 3.50. The Hall–Kier alpha value is -3.02. The molecule has 1 atom stereocenters. The molecule has 2 aromatic carbocycles. The molecule has 2 aliphatic heterocycles. The lowest BCUT2D eigenvalue weighted by Gasteiger charge is -2.20. The van der Waals surface area contributed by atoms with Gasteiger partial charge in [-0.2, -0.15) is 0 Å². The molecule has 0 bridgehead atoms. The summed E-state index contributed by atoms with van der Waals surface area (Å²) in [6.07, 6.45) is 0.842. The average Bonchev–Trinajstić information content (AvgIpc) is 3.02. The lowest BCUT2D eigenvalue weighted by molar-refractivity contribution is -0.122. The number of benzene rings is 2. The van der Waals surface area contributed by atoms with Crippen molar-refractivity contribution in [1.29, 1.82) is 0 Å². The van der Waals surface area contributed by atoms with E-state index < -0.39 is 6.10 Å². The van der Waals surface area contributed by atoms with E-state index in [4.69, 9.17) is 9.47 Å². The molecule has 2 aromatic rings. The van der Waals surface area contributed by atoms with Crippen LogP contribution in [-0.2, 0) is 11.2 Å². The quantitative estimate of drug-likeness (QED) is 0.916. The first kappa shape index (κ1) is 16.4. The molecule has 6 heteroatoms. The summed E-state index contributed by atoms with van der Waals surface area (Å²) < 4.78 is 11.3. The van der Waals surface area contributed by atoms with Gasteiger partial charge in [-0.15, -0.1) is 0 Å². The summed E-state index contributed by atoms with van der Waals surface area (Å²) in [5, 5.41) is 2.82. The van der Waals surface area contributed by atoms with Crippen molar-refractivity contribution in [3.8, 4) is 11.5 Å². The van der Waals surface area contributed by atoms with E-state index in [9.17, 15) is 9.59 Å². The molecule has 26 heavy (non-hydrogen) atoms. The van der Waals surface area contributed by atoms with Crippen LogP contribution in [0.15, 0.2) is 42.5 Å². The zero-order chi connectivity index (χ0) is 18.1. The summed E-state index contributed by atoms with van der Waals surface area (Å²) in [6, 6.07) is 12.8. The van der Waals surface area contributed by atoms with Crippen molar-refractivity contribution in [1.82, 2.24) is 5.32 Å². The molecule has 2 aliphatic rings. The molecular formula is C20H20N2O4. The number of nitrogens with one attached hydrogen (secondary N) is 1. The fourth-order valence-corrected chi connectivity index (χ4v) is 3.50. The van der Waals surface area contributed by atoms with Crippen LogP contribution in [0, 0.1) is 0 Å². The Labute approximate surface area is 151 Å². The lowest BCUT2D eigenvalue weighted by atomic mass is 10.0. The van der Waals surface area contributed by atoms with Crippen molar-refractivity contribution >= 4 is 17.5 Å². The van der Waals surface area contributed by atoms with Crippen LogP contribution in [-0.4, -0.2) is 38.1 Å². The van der Waals surface area contributed by atoms with E-state index in [1.165, 1.54) is 0 Å². The van der Waals surface area contributed by atoms with E-state index in [1.807, 2.05) is 30.3 Å². The minimum atomic E-state index is -0.532. The predicted octanol–water partition coefficient (Wildman–Crippen LogP) is 2.17. The Balaban J connectivity index is 1.52. The van der Waals surface area contributed by atoms with Crippen LogP contribution >= 0.6 is 0 Å². The molecule has 134 valence electrons. The molecule has 0 spiro atoms. The minimum Gasteiger partial charge on any atom is -0.495 e. The maximum atomic E-state index is 12.8. The first-order valence-corrected chi connectivity index (χ1v) is 8.69. The van der Waals surface area contributed by atoms with Crippen molar-refractivity contribution in [2.24, 2.45) is 0 Å². The summed E-state index contributed by atoms with van der Waals surface area (Å²) in [6.45, 7) is 1.20. The van der Waals surface area contributed by atoms with Crippen LogP contribution < -0.4 is 19.7 Å². The molecule has 1 saturated heterocycles. The van der Waals surface area contributed by atoms with E-state index >= 15 is 0 Å². The molecule has 6 nitrogen and oxygen atoms in total. The van der Waals surface area contributed by atoms with Crippen molar-refractivity contribution in [3.05, 3.63) is 53.6 Å². The molecule has 0 aliphatic carbocycles. The molecule has 1 fully saturated rings. The number of ether oxygens (including phenoxy) is 2. The molecule has 0 radical (unpaired) electrons. The number of anilines is 1. The standard InChI is InChI=1S/C20H20N2O4/c1-25-17-5-3-2-4-16(17)22-11-9-18(20(22)24)26-14-6-7-15-13(12-14)8-10-21-19(15)23/h2-7,12,18H,8-11H2,1H3,(H,21,23). The predicted molar refractivity (Wildman–Crippen MR) is 96.9 cm³/mol. The van der Waals surface area contributed by atoms with E-state index in [0.717, 1.165) is 17.7 Å². The summed E-state index contributed by atoms with van der Waals surface area (Å²) >= 11 is 0. The lowest BCUT2D eigenvalue weighted by Crippen LogP contribution is -2.33. The number of carbonyl (C=O) groups excluding carboxylic acids is 2. The fraction of sp³-hybridized carbons (Fsp3) is 0.300. The third-order valence-electron chi connectivity index (χ3n) is 4.81. The van der Waals surface area contributed by atoms with Gasteiger partial charge in [0.05, 0.1) is 12.8 Å². The van der Waals surface area contributed by atoms with Crippen molar-refractivity contribution < 1.29 is 19.1 Å². The van der Waals surface area contributed by atoms with Gasteiger partial charge in [0.25, 0.3) is 11.8 Å². The summed E-state index contributed by atoms with van der Waals surface area (Å²) in [7, 11) is 1.59. The van der Waals surface area contributed by atoms with Crippen LogP contribution in [0.3, 0.4) is 0 Å². The Kier molecular flexibility index (Phi) is 4.24. The maximum Gasteiger partial charge on any atom is 0.268 e. The first-order valence-electron chi connectivity index (χ1n) is 8.69. The third kappa shape index (κ3) is 2.87. The number of fused-ring (bicyclic) bond motifs is 1. The number of carbonyl (C=O) groups is 2. The van der Waals surface area contributed by atoms with Crippen molar-refractivity contribution in [3.63, 3.8) is 0 Å². The Morgan fingerprint density at radius 1 is 1.15 bits per heavy atom. The molecule has 1 N–H and O–H groups in total. The molecule has 4 rings (SSSR count). The largest absolute Gasteiger partial charge is 0.495 e. The first-order chi connectivity index (χ1) is 12.7. The van der Waals surface area contributed by atoms with Gasteiger partial charge in [0.15, 0.2) is 6.10 Å². The Bertz CT molecular complexity index is 865. The molecule has 1 unspecified atom stereocenters. The topological polar surface area (TPSA) is 67.9 Å². The zero-order valence-corrected chi connectivity index (χ0v) is 14.5. The van der Waals surface area contributed by atoms with Gasteiger partial charge < -0.3 is 19.7 Å². The van der Waals surface area contributed by atoms with E-state index in [1.54, 1.807) is 24.1 Å². The van der Waals surface area contributed by atoms with Gasteiger partial charge >= 0.3 is 0 Å². The summed E-state index contributed by atoms with van der Waals surface area (Å²) in [4.78, 5) is 26.3. The van der Waals surface area contributed by atoms with Gasteiger partial charge in [-0.1, -0.05) is 12.1 Å². The highest BCUT2D eigenvalue weighted by molar-refractivity contribution is 6.00. The van der Waals surface area contributed by atoms with Crippen LogP contribution in [0.2, 0.25) is 0 Å². The van der Waals surface area contributed by atoms with E-state index in [-0.39, 0.29) is 11.8 Å². The smallest absolute Gasteiger partial charge is 0.268 e. The van der Waals surface area contributed by atoms with Gasteiger partial charge in [-0.05, 0) is 42.3 Å². The van der Waals surface area contributed by atoms with Gasteiger partial charge in [0, 0.05) is 25.1 Å². The highest BCUT2D eigenvalue weighted by Crippen LogP contribution is 2.32. The maximum absolute atomic E-state index is 12.8. The van der Waals surface area contributed by atoms with Gasteiger partial charge in [0.2, 0.25) is 0 Å². The second-order valence-corrected chi connectivity index (χ2v) is 6.38. The van der Waals surface area contributed by atoms with E-state index in [2.05, 4.69) is 5.32 Å². The Morgan fingerprint density at radius 2 is 2.00 bits per heavy atom. The number of amides is 2. The molecule has 2 heterocycles. The molecule has 0 aromatic heterocycles. The van der Waals surface area contributed by atoms with Crippen LogP contribution in [0.5, 0.6) is 11.5 Å². The summed E-state index contributed by atoms with van der Waals surface area (Å²) in [5.74, 6) is 1.15. The van der Waals surface area contributed by atoms with Crippen LogP contribution in [0.25, 0.3) is 0 Å². The molecular weight excluding hydrogens is 332 g/mol. The average molecular weight is 352 g/mol. The van der Waals surface area contributed by atoms with Crippen molar-refractivity contribution in [2.45, 2.75) is 18.9 Å². The summed E-state index contributed by atoms with van der Waals surface area (Å²) in [5.41, 5.74) is 2.39. The number of hydrogen-bond donors (Lipinski definition) is 1. The van der Waals surface area contributed by atoms with Crippen LogP contribution in [0.4, 0.5) is 5.69 Å². The highest BCUT2D eigenvalue weighted by Gasteiger charge is 2.35. The van der Waals surface area contributed by atoms with Crippen molar-refractivity contribution in [2.75, 3.05) is 25.1 Å². The number of methoxy groups -OCH3 is 1. The zero-order valence-electron chi connectivity index (χ0n) is 14.5. The van der Waals surface area contributed by atoms with Crippen LogP contribution in [0.1, 0.15) is 22.3 Å². The SMILES string of the molecule is COc1ccccc1N1CCC(Oc2ccc3c(c2)CCNC3=O)C1=O. The Morgan fingerprint density at radius 3 is 2.85 bits per heavy atom. The number of hydrogen-bond acceptors (Lipinski definition) is 4. The number of rotatable bonds is 4. The van der Waals surface area contributed by atoms with E-state index in [0.29, 0.717) is 36.6 Å². The molecule has 2 amide bonds. The highest BCUT2D eigenvalue weighted by atomic mass is 16.5. The number of para-hydroxylation sites is 2. The third-order valence-corrected chi connectivity index (χ3v) is 4.81. The number of nitrogens with zero attached hydrogens (tertiary/aromatic N) is 1. The second-order valence-electron chi connectivity index (χ2n) is 6.38. The van der Waals surface area contributed by atoms with Gasteiger partial charge in [-0.25, -0.2) is 0 Å². The normalized spacial score (nSPS) is 19.1. The molecule has 0 saturated carbocycles. The van der Waals surface area contributed by atoms with Gasteiger partial charge in [0.1, 0.15) is 11.5 Å². The second kappa shape index (κ2) is 6.71.